The third-order valence-corrected chi connectivity index (χ3v) is 5.80. The third kappa shape index (κ3) is 5.63. The predicted octanol–water partition coefficient (Wildman–Crippen LogP) is 5.25. The number of carbonyl (C=O) groups is 1. The van der Waals surface area contributed by atoms with Crippen LogP contribution in [0.15, 0.2) is 78.9 Å². The monoisotopic (exact) mass is 470 g/mol. The minimum atomic E-state index is -0.141. The molecule has 0 aliphatic carbocycles. The highest BCUT2D eigenvalue weighted by Gasteiger charge is 2.15. The van der Waals surface area contributed by atoms with Crippen LogP contribution in [0.1, 0.15) is 17.3 Å². The largest absolute Gasteiger partial charge is 0.497 e. The zero-order valence-electron chi connectivity index (χ0n) is 20.2. The van der Waals surface area contributed by atoms with E-state index in [9.17, 15) is 4.79 Å². The summed E-state index contributed by atoms with van der Waals surface area (Å²) in [6.07, 6.45) is 0. The standard InChI is InChI=1S/C28H30N4O3/c1-4-32(20-10-6-5-7-11-20)17-16-29-28(33)23-19-27(30-24-13-9-8-12-22(23)24)31-25-15-14-21(34-2)18-26(25)35-3/h5-15,18-19H,4,16-17H2,1-3H3,(H,29,33)(H,30,31). The zero-order valence-corrected chi connectivity index (χ0v) is 20.2. The Labute approximate surface area is 205 Å². The maximum Gasteiger partial charge on any atom is 0.252 e. The summed E-state index contributed by atoms with van der Waals surface area (Å²) < 4.78 is 10.8. The number of fused-ring (bicyclic) bond motifs is 1. The molecule has 0 aliphatic heterocycles. The Morgan fingerprint density at radius 3 is 2.46 bits per heavy atom. The van der Waals surface area contributed by atoms with Gasteiger partial charge in [-0.3, -0.25) is 4.79 Å². The van der Waals surface area contributed by atoms with E-state index >= 15 is 0 Å². The number of benzene rings is 3. The maximum atomic E-state index is 13.2. The van der Waals surface area contributed by atoms with Crippen molar-refractivity contribution in [1.82, 2.24) is 10.3 Å². The number of pyridine rings is 1. The molecule has 0 unspecified atom stereocenters. The molecule has 0 aliphatic rings. The lowest BCUT2D eigenvalue weighted by Gasteiger charge is -2.23. The molecule has 7 nitrogen and oxygen atoms in total. The van der Waals surface area contributed by atoms with Gasteiger partial charge in [-0.05, 0) is 43.3 Å². The number of aromatic nitrogens is 1. The number of likely N-dealkylation sites (N-methyl/N-ethyl adjacent to an activating group) is 1. The molecule has 7 heteroatoms. The Morgan fingerprint density at radius 1 is 0.943 bits per heavy atom. The molecule has 0 radical (unpaired) electrons. The molecule has 1 amide bonds. The fraction of sp³-hybridized carbons (Fsp3) is 0.214. The van der Waals surface area contributed by atoms with Crippen LogP contribution in [0.5, 0.6) is 11.5 Å². The summed E-state index contributed by atoms with van der Waals surface area (Å²) in [6.45, 7) is 4.20. The summed E-state index contributed by atoms with van der Waals surface area (Å²) in [6, 6.07) is 25.1. The molecule has 0 bridgehead atoms. The van der Waals surface area contributed by atoms with Gasteiger partial charge in [-0.2, -0.15) is 0 Å². The van der Waals surface area contributed by atoms with Crippen LogP contribution in [-0.4, -0.2) is 44.7 Å². The first-order chi connectivity index (χ1) is 17.1. The molecule has 0 saturated heterocycles. The average Bonchev–Trinajstić information content (AvgIpc) is 2.91. The van der Waals surface area contributed by atoms with Crippen molar-refractivity contribution in [3.63, 3.8) is 0 Å². The second-order valence-corrected chi connectivity index (χ2v) is 7.93. The highest BCUT2D eigenvalue weighted by Crippen LogP contribution is 2.32. The summed E-state index contributed by atoms with van der Waals surface area (Å²) in [5, 5.41) is 7.16. The van der Waals surface area contributed by atoms with Crippen molar-refractivity contribution in [1.29, 1.82) is 0 Å². The first kappa shape index (κ1) is 23.9. The van der Waals surface area contributed by atoms with Gasteiger partial charge in [0.1, 0.15) is 17.3 Å². The molecular formula is C28H30N4O3. The second-order valence-electron chi connectivity index (χ2n) is 7.93. The topological polar surface area (TPSA) is 75.7 Å². The number of nitrogens with zero attached hydrogens (tertiary/aromatic N) is 2. The van der Waals surface area contributed by atoms with Crippen molar-refractivity contribution in [2.24, 2.45) is 0 Å². The molecule has 1 heterocycles. The lowest BCUT2D eigenvalue weighted by Crippen LogP contribution is -2.35. The first-order valence-corrected chi connectivity index (χ1v) is 11.6. The number of hydrogen-bond acceptors (Lipinski definition) is 6. The Bertz CT molecular complexity index is 1290. The molecule has 0 spiro atoms. The van der Waals surface area contributed by atoms with Crippen molar-refractivity contribution >= 4 is 34.0 Å². The zero-order chi connectivity index (χ0) is 24.6. The van der Waals surface area contributed by atoms with Gasteiger partial charge in [-0.15, -0.1) is 0 Å². The van der Waals surface area contributed by atoms with E-state index in [1.165, 1.54) is 0 Å². The average molecular weight is 471 g/mol. The lowest BCUT2D eigenvalue weighted by molar-refractivity contribution is 0.0956. The van der Waals surface area contributed by atoms with Gasteiger partial charge >= 0.3 is 0 Å². The number of ether oxygens (including phenoxy) is 2. The number of para-hydroxylation sites is 2. The molecule has 2 N–H and O–H groups in total. The van der Waals surface area contributed by atoms with Crippen molar-refractivity contribution < 1.29 is 14.3 Å². The normalized spacial score (nSPS) is 10.6. The Kier molecular flexibility index (Phi) is 7.67. The number of methoxy groups -OCH3 is 2. The number of nitrogens with one attached hydrogen (secondary N) is 2. The minimum absolute atomic E-state index is 0.141. The Hall–Kier alpha value is -4.26. The van der Waals surface area contributed by atoms with E-state index in [1.807, 2.05) is 54.6 Å². The van der Waals surface area contributed by atoms with Crippen LogP contribution in [0.3, 0.4) is 0 Å². The summed E-state index contributed by atoms with van der Waals surface area (Å²) in [7, 11) is 3.21. The van der Waals surface area contributed by atoms with Crippen LogP contribution in [0.4, 0.5) is 17.2 Å². The number of anilines is 3. The van der Waals surface area contributed by atoms with Gasteiger partial charge in [0.05, 0.1) is 31.0 Å². The first-order valence-electron chi connectivity index (χ1n) is 11.6. The van der Waals surface area contributed by atoms with Crippen LogP contribution in [-0.2, 0) is 0 Å². The fourth-order valence-corrected chi connectivity index (χ4v) is 3.98. The van der Waals surface area contributed by atoms with Gasteiger partial charge in [0, 0.05) is 36.8 Å². The van der Waals surface area contributed by atoms with Gasteiger partial charge in [-0.25, -0.2) is 4.98 Å². The molecule has 0 atom stereocenters. The van der Waals surface area contributed by atoms with Crippen LogP contribution in [0.2, 0.25) is 0 Å². The maximum absolute atomic E-state index is 13.2. The fourth-order valence-electron chi connectivity index (χ4n) is 3.98. The van der Waals surface area contributed by atoms with E-state index in [-0.39, 0.29) is 5.91 Å². The van der Waals surface area contributed by atoms with E-state index in [2.05, 4.69) is 34.6 Å². The minimum Gasteiger partial charge on any atom is -0.497 e. The number of hydrogen-bond donors (Lipinski definition) is 2. The van der Waals surface area contributed by atoms with Gasteiger partial charge in [0.15, 0.2) is 0 Å². The van der Waals surface area contributed by atoms with Crippen molar-refractivity contribution in [3.05, 3.63) is 84.4 Å². The van der Waals surface area contributed by atoms with E-state index in [4.69, 9.17) is 14.5 Å². The number of rotatable bonds is 10. The molecule has 0 saturated carbocycles. The quantitative estimate of drug-likeness (QED) is 0.330. The van der Waals surface area contributed by atoms with E-state index in [0.717, 1.165) is 28.8 Å². The molecule has 4 rings (SSSR count). The Balaban J connectivity index is 1.55. The molecular weight excluding hydrogens is 440 g/mol. The van der Waals surface area contributed by atoms with Crippen LogP contribution in [0, 0.1) is 0 Å². The van der Waals surface area contributed by atoms with Crippen molar-refractivity contribution in [2.45, 2.75) is 6.92 Å². The summed E-state index contributed by atoms with van der Waals surface area (Å²) in [4.78, 5) is 20.2. The summed E-state index contributed by atoms with van der Waals surface area (Å²) >= 11 is 0. The SMILES string of the molecule is CCN(CCNC(=O)c1cc(Nc2ccc(OC)cc2OC)nc2ccccc12)c1ccccc1. The third-order valence-electron chi connectivity index (χ3n) is 5.80. The van der Waals surface area contributed by atoms with Gasteiger partial charge in [-0.1, -0.05) is 36.4 Å². The van der Waals surface area contributed by atoms with Gasteiger partial charge < -0.3 is 25.0 Å². The highest BCUT2D eigenvalue weighted by atomic mass is 16.5. The lowest BCUT2D eigenvalue weighted by atomic mass is 10.1. The molecule has 1 aromatic heterocycles. The molecule has 180 valence electrons. The summed E-state index contributed by atoms with van der Waals surface area (Å²) in [5.74, 6) is 1.72. The van der Waals surface area contributed by atoms with E-state index in [1.54, 1.807) is 26.4 Å². The molecule has 4 aromatic rings. The van der Waals surface area contributed by atoms with Crippen LogP contribution < -0.4 is 25.0 Å². The van der Waals surface area contributed by atoms with E-state index in [0.29, 0.717) is 36.0 Å². The van der Waals surface area contributed by atoms with Crippen molar-refractivity contribution in [2.75, 3.05) is 44.1 Å². The highest BCUT2D eigenvalue weighted by molar-refractivity contribution is 6.07. The second kappa shape index (κ2) is 11.2. The molecule has 3 aromatic carbocycles. The van der Waals surface area contributed by atoms with E-state index < -0.39 is 0 Å². The molecule has 0 fully saturated rings. The number of amides is 1. The predicted molar refractivity (Wildman–Crippen MR) is 141 cm³/mol. The van der Waals surface area contributed by atoms with Crippen molar-refractivity contribution in [3.8, 4) is 11.5 Å². The van der Waals surface area contributed by atoms with Crippen LogP contribution in [0.25, 0.3) is 10.9 Å². The van der Waals surface area contributed by atoms with Gasteiger partial charge in [0.25, 0.3) is 5.91 Å². The van der Waals surface area contributed by atoms with Gasteiger partial charge in [0.2, 0.25) is 0 Å². The van der Waals surface area contributed by atoms with Crippen LogP contribution >= 0.6 is 0 Å². The number of carbonyl (C=O) groups excluding carboxylic acids is 1. The summed E-state index contributed by atoms with van der Waals surface area (Å²) in [5.41, 5.74) is 3.16. The molecule has 35 heavy (non-hydrogen) atoms. The Morgan fingerprint density at radius 2 is 1.71 bits per heavy atom. The smallest absolute Gasteiger partial charge is 0.252 e.